The highest BCUT2D eigenvalue weighted by Gasteiger charge is 2.30. The highest BCUT2D eigenvalue weighted by molar-refractivity contribution is 5.79. The van der Waals surface area contributed by atoms with Gasteiger partial charge >= 0.3 is 6.18 Å². The predicted molar refractivity (Wildman–Crippen MR) is 102 cm³/mol. The third-order valence-corrected chi connectivity index (χ3v) is 3.85. The van der Waals surface area contributed by atoms with Crippen LogP contribution in [0.4, 0.5) is 13.2 Å². The quantitative estimate of drug-likeness (QED) is 0.407. The molecule has 0 radical (unpaired) electrons. The fraction of sp³-hybridized carbons (Fsp3) is 0.350. The predicted octanol–water partition coefficient (Wildman–Crippen LogP) is 3.60. The van der Waals surface area contributed by atoms with Crippen LogP contribution in [0.5, 0.6) is 5.75 Å². The van der Waals surface area contributed by atoms with Crippen LogP contribution in [0.3, 0.4) is 0 Å². The number of ether oxygens (including phenoxy) is 2. The monoisotopic (exact) mass is 395 g/mol. The molecule has 0 aromatic heterocycles. The first-order valence-electron chi connectivity index (χ1n) is 8.73. The molecule has 0 saturated heterocycles. The van der Waals surface area contributed by atoms with E-state index in [-0.39, 0.29) is 6.54 Å². The highest BCUT2D eigenvalue weighted by Crippen LogP contribution is 2.29. The van der Waals surface area contributed by atoms with E-state index in [0.29, 0.717) is 31.3 Å². The minimum atomic E-state index is -4.35. The van der Waals surface area contributed by atoms with Gasteiger partial charge in [-0.15, -0.1) is 0 Å². The second-order valence-electron chi connectivity index (χ2n) is 5.97. The van der Waals surface area contributed by atoms with Crippen molar-refractivity contribution in [1.82, 2.24) is 10.6 Å². The molecule has 2 aromatic carbocycles. The molecule has 0 saturated carbocycles. The highest BCUT2D eigenvalue weighted by atomic mass is 19.4. The van der Waals surface area contributed by atoms with E-state index in [1.54, 1.807) is 20.2 Å². The Bertz CT molecular complexity index is 779. The van der Waals surface area contributed by atoms with Crippen molar-refractivity contribution in [3.63, 3.8) is 0 Å². The van der Waals surface area contributed by atoms with Crippen LogP contribution >= 0.6 is 0 Å². The lowest BCUT2D eigenvalue weighted by molar-refractivity contribution is -0.137. The summed E-state index contributed by atoms with van der Waals surface area (Å²) >= 11 is 0. The first-order valence-corrected chi connectivity index (χ1v) is 8.73. The molecule has 0 amide bonds. The molecular formula is C20H24F3N3O2. The number of alkyl halides is 3. The van der Waals surface area contributed by atoms with Crippen LogP contribution in [0.2, 0.25) is 0 Å². The number of rotatable bonds is 8. The van der Waals surface area contributed by atoms with Crippen molar-refractivity contribution in [1.29, 1.82) is 0 Å². The summed E-state index contributed by atoms with van der Waals surface area (Å²) in [5.41, 5.74) is 0.836. The van der Waals surface area contributed by atoms with Gasteiger partial charge in [-0.05, 0) is 35.4 Å². The zero-order chi connectivity index (χ0) is 20.4. The van der Waals surface area contributed by atoms with Gasteiger partial charge in [-0.25, -0.2) is 0 Å². The summed E-state index contributed by atoms with van der Waals surface area (Å²) in [5.74, 6) is 1.23. The summed E-state index contributed by atoms with van der Waals surface area (Å²) in [6.45, 7) is 1.69. The van der Waals surface area contributed by atoms with E-state index in [1.165, 1.54) is 6.07 Å². The number of hydrogen-bond acceptors (Lipinski definition) is 3. The Kier molecular flexibility index (Phi) is 8.13. The summed E-state index contributed by atoms with van der Waals surface area (Å²) in [6, 6.07) is 12.8. The summed E-state index contributed by atoms with van der Waals surface area (Å²) in [4.78, 5) is 4.10. The summed E-state index contributed by atoms with van der Waals surface area (Å²) < 4.78 is 48.9. The lowest BCUT2D eigenvalue weighted by atomic mass is 10.1. The van der Waals surface area contributed by atoms with Crippen molar-refractivity contribution in [3.8, 4) is 5.75 Å². The Balaban J connectivity index is 1.87. The van der Waals surface area contributed by atoms with Gasteiger partial charge in [0.05, 0.1) is 12.2 Å². The van der Waals surface area contributed by atoms with Crippen LogP contribution in [-0.4, -0.2) is 33.3 Å². The molecule has 0 heterocycles. The molecule has 2 aromatic rings. The lowest BCUT2D eigenvalue weighted by Gasteiger charge is -2.14. The number of methoxy groups -OCH3 is 1. The molecule has 0 unspecified atom stereocenters. The Morgan fingerprint density at radius 2 is 1.61 bits per heavy atom. The van der Waals surface area contributed by atoms with E-state index in [2.05, 4.69) is 15.6 Å². The Labute approximate surface area is 162 Å². The molecule has 0 fully saturated rings. The number of halogens is 3. The van der Waals surface area contributed by atoms with Gasteiger partial charge < -0.3 is 20.1 Å². The van der Waals surface area contributed by atoms with E-state index in [9.17, 15) is 13.2 Å². The van der Waals surface area contributed by atoms with Crippen LogP contribution in [0.15, 0.2) is 53.5 Å². The van der Waals surface area contributed by atoms with Crippen molar-refractivity contribution in [2.75, 3.05) is 27.4 Å². The van der Waals surface area contributed by atoms with E-state index >= 15 is 0 Å². The molecule has 2 N–H and O–H groups in total. The number of nitrogens with zero attached hydrogens (tertiary/aromatic N) is 1. The molecule has 0 bridgehead atoms. The van der Waals surface area contributed by atoms with Gasteiger partial charge in [0.15, 0.2) is 5.96 Å². The molecule has 8 heteroatoms. The number of benzene rings is 2. The maximum absolute atomic E-state index is 12.8. The maximum Gasteiger partial charge on any atom is 0.416 e. The average Bonchev–Trinajstić information content (AvgIpc) is 2.68. The SMILES string of the molecule is CN=C(NCc1cccc(OCCOC)c1)NCc1cccc(C(F)(F)F)c1. The van der Waals surface area contributed by atoms with Crippen LogP contribution in [0, 0.1) is 0 Å². The van der Waals surface area contributed by atoms with E-state index in [4.69, 9.17) is 9.47 Å². The third-order valence-electron chi connectivity index (χ3n) is 3.85. The van der Waals surface area contributed by atoms with Gasteiger partial charge in [0, 0.05) is 27.2 Å². The van der Waals surface area contributed by atoms with Gasteiger partial charge in [-0.2, -0.15) is 13.2 Å². The first-order chi connectivity index (χ1) is 13.4. The lowest BCUT2D eigenvalue weighted by Crippen LogP contribution is -2.36. The van der Waals surface area contributed by atoms with Crippen LogP contribution in [0.25, 0.3) is 0 Å². The first kappa shape index (κ1) is 21.6. The Morgan fingerprint density at radius 1 is 0.964 bits per heavy atom. The standard InChI is InChI=1S/C20H24F3N3O2/c1-24-19(25-13-15-5-3-7-17(11-15)20(21,22)23)26-14-16-6-4-8-18(12-16)28-10-9-27-2/h3-8,11-12H,9-10,13-14H2,1-2H3,(H2,24,25,26). The van der Waals surface area contributed by atoms with Gasteiger partial charge in [0.25, 0.3) is 0 Å². The summed E-state index contributed by atoms with van der Waals surface area (Å²) in [5, 5.41) is 6.15. The fourth-order valence-electron chi connectivity index (χ4n) is 2.44. The topological polar surface area (TPSA) is 54.9 Å². The third kappa shape index (κ3) is 7.11. The average molecular weight is 395 g/mol. The van der Waals surface area contributed by atoms with Gasteiger partial charge in [0.1, 0.15) is 12.4 Å². The van der Waals surface area contributed by atoms with Crippen LogP contribution in [0.1, 0.15) is 16.7 Å². The number of aliphatic imine (C=N–C) groups is 1. The number of hydrogen-bond donors (Lipinski definition) is 2. The molecule has 2 rings (SSSR count). The maximum atomic E-state index is 12.8. The normalized spacial score (nSPS) is 12.0. The molecule has 5 nitrogen and oxygen atoms in total. The molecule has 0 spiro atoms. The number of guanidine groups is 1. The van der Waals surface area contributed by atoms with Crippen molar-refractivity contribution in [2.45, 2.75) is 19.3 Å². The van der Waals surface area contributed by atoms with E-state index in [1.807, 2.05) is 24.3 Å². The van der Waals surface area contributed by atoms with Gasteiger partial charge in [0.2, 0.25) is 0 Å². The second-order valence-corrected chi connectivity index (χ2v) is 5.97. The molecule has 0 atom stereocenters. The van der Waals surface area contributed by atoms with Crippen LogP contribution < -0.4 is 15.4 Å². The molecule has 152 valence electrons. The van der Waals surface area contributed by atoms with Crippen LogP contribution in [-0.2, 0) is 24.0 Å². The zero-order valence-electron chi connectivity index (χ0n) is 15.8. The van der Waals surface area contributed by atoms with Crippen molar-refractivity contribution in [3.05, 3.63) is 65.2 Å². The Morgan fingerprint density at radius 3 is 2.21 bits per heavy atom. The molecule has 0 aliphatic heterocycles. The molecule has 0 aliphatic carbocycles. The zero-order valence-corrected chi connectivity index (χ0v) is 15.8. The second kappa shape index (κ2) is 10.6. The van der Waals surface area contributed by atoms with E-state index < -0.39 is 11.7 Å². The minimum absolute atomic E-state index is 0.226. The molecule has 0 aliphatic rings. The smallest absolute Gasteiger partial charge is 0.416 e. The summed E-state index contributed by atoms with van der Waals surface area (Å²) in [7, 11) is 3.22. The number of nitrogens with one attached hydrogen (secondary N) is 2. The molecule has 28 heavy (non-hydrogen) atoms. The largest absolute Gasteiger partial charge is 0.491 e. The van der Waals surface area contributed by atoms with Crippen molar-refractivity contribution in [2.24, 2.45) is 4.99 Å². The van der Waals surface area contributed by atoms with E-state index in [0.717, 1.165) is 23.4 Å². The van der Waals surface area contributed by atoms with Crippen molar-refractivity contribution < 1.29 is 22.6 Å². The van der Waals surface area contributed by atoms with Gasteiger partial charge in [-0.3, -0.25) is 4.99 Å². The van der Waals surface area contributed by atoms with Crippen molar-refractivity contribution >= 4 is 5.96 Å². The minimum Gasteiger partial charge on any atom is -0.491 e. The molecular weight excluding hydrogens is 371 g/mol. The van der Waals surface area contributed by atoms with Gasteiger partial charge in [-0.1, -0.05) is 24.3 Å². The summed E-state index contributed by atoms with van der Waals surface area (Å²) in [6.07, 6.45) is -4.35. The fourth-order valence-corrected chi connectivity index (χ4v) is 2.44. The Hall–Kier alpha value is -2.74.